The number of rotatable bonds is 5. The molecule has 2 aromatic carbocycles. The Morgan fingerprint density at radius 3 is 2.46 bits per heavy atom. The van der Waals surface area contributed by atoms with E-state index < -0.39 is 15.8 Å². The number of aliphatic imine (C=N–C) groups is 1. The maximum atomic E-state index is 12.0. The zero-order valence-corrected chi connectivity index (χ0v) is 14.7. The van der Waals surface area contributed by atoms with E-state index in [0.717, 1.165) is 6.07 Å². The number of nitro benzene ring substituents is 2. The Bertz CT molecular complexity index is 1090. The van der Waals surface area contributed by atoms with Crippen molar-refractivity contribution >= 4 is 40.9 Å². The van der Waals surface area contributed by atoms with Crippen LogP contribution in [0.2, 0.25) is 5.02 Å². The second-order valence-electron chi connectivity index (χ2n) is 5.46. The van der Waals surface area contributed by atoms with Crippen LogP contribution in [0.1, 0.15) is 11.1 Å². The van der Waals surface area contributed by atoms with E-state index in [9.17, 15) is 25.0 Å². The number of para-hydroxylation sites is 1. The van der Waals surface area contributed by atoms with E-state index in [1.807, 2.05) is 0 Å². The third-order valence-corrected chi connectivity index (χ3v) is 3.99. The van der Waals surface area contributed by atoms with Gasteiger partial charge in [0.2, 0.25) is 5.90 Å². The molecule has 1 aliphatic rings. The molecular formula is C18H10ClN3O6. The minimum atomic E-state index is -0.750. The molecule has 0 N–H and O–H groups in total. The molecule has 9 nitrogen and oxygen atoms in total. The molecule has 0 unspecified atom stereocenters. The summed E-state index contributed by atoms with van der Waals surface area (Å²) in [5.41, 5.74) is 0.0987. The van der Waals surface area contributed by atoms with Crippen LogP contribution in [-0.4, -0.2) is 21.7 Å². The van der Waals surface area contributed by atoms with Gasteiger partial charge in [0.25, 0.3) is 11.4 Å². The zero-order valence-electron chi connectivity index (χ0n) is 13.9. The van der Waals surface area contributed by atoms with Crippen molar-refractivity contribution < 1.29 is 19.4 Å². The standard InChI is InChI=1S/C18H10ClN3O6/c19-13-9-8-12(10-16(13)22(26)27)17-20-14(18(23)28-17)6-3-5-11-4-1-2-7-15(11)21(24)25/h1-10H. The summed E-state index contributed by atoms with van der Waals surface area (Å²) < 4.78 is 5.03. The van der Waals surface area contributed by atoms with Crippen LogP contribution >= 0.6 is 11.6 Å². The van der Waals surface area contributed by atoms with Crippen LogP contribution in [0.3, 0.4) is 0 Å². The molecule has 0 amide bonds. The Hall–Kier alpha value is -3.85. The number of hydrogen-bond donors (Lipinski definition) is 0. The SMILES string of the molecule is O=C1OC(c2ccc(Cl)c([N+](=O)[O-])c2)=NC1=CC=Cc1ccccc1[N+](=O)[O-]. The van der Waals surface area contributed by atoms with Gasteiger partial charge in [0, 0.05) is 17.7 Å². The fourth-order valence-electron chi connectivity index (χ4n) is 2.37. The second-order valence-corrected chi connectivity index (χ2v) is 5.86. The van der Waals surface area contributed by atoms with Gasteiger partial charge in [0.15, 0.2) is 5.70 Å². The molecule has 0 aliphatic carbocycles. The summed E-state index contributed by atoms with van der Waals surface area (Å²) in [5.74, 6) is -0.852. The zero-order chi connectivity index (χ0) is 20.3. The number of benzene rings is 2. The number of nitro groups is 2. The summed E-state index contributed by atoms with van der Waals surface area (Å²) in [6, 6.07) is 10.0. The minimum Gasteiger partial charge on any atom is -0.402 e. The molecule has 28 heavy (non-hydrogen) atoms. The summed E-state index contributed by atoms with van der Waals surface area (Å²) in [4.78, 5) is 36.8. The fourth-order valence-corrected chi connectivity index (χ4v) is 2.56. The maximum Gasteiger partial charge on any atom is 0.363 e. The van der Waals surface area contributed by atoms with Crippen molar-refractivity contribution in [2.45, 2.75) is 0 Å². The highest BCUT2D eigenvalue weighted by Crippen LogP contribution is 2.27. The number of nitrogens with zero attached hydrogens (tertiary/aromatic N) is 3. The highest BCUT2D eigenvalue weighted by Gasteiger charge is 2.25. The number of esters is 1. The number of halogens is 1. The van der Waals surface area contributed by atoms with Crippen LogP contribution in [0.15, 0.2) is 65.3 Å². The van der Waals surface area contributed by atoms with Crippen LogP contribution in [-0.2, 0) is 9.53 Å². The molecule has 1 heterocycles. The average Bonchev–Trinajstić information content (AvgIpc) is 3.03. The lowest BCUT2D eigenvalue weighted by Crippen LogP contribution is -2.06. The first-order chi connectivity index (χ1) is 13.4. The monoisotopic (exact) mass is 399 g/mol. The van der Waals surface area contributed by atoms with Gasteiger partial charge in [0.1, 0.15) is 5.02 Å². The Balaban J connectivity index is 1.87. The fraction of sp³-hybridized carbons (Fsp3) is 0. The highest BCUT2D eigenvalue weighted by atomic mass is 35.5. The molecule has 0 saturated heterocycles. The van der Waals surface area contributed by atoms with Crippen LogP contribution in [0.25, 0.3) is 6.08 Å². The van der Waals surface area contributed by atoms with Crippen LogP contribution in [0.4, 0.5) is 11.4 Å². The third-order valence-electron chi connectivity index (χ3n) is 3.67. The van der Waals surface area contributed by atoms with Gasteiger partial charge in [0.05, 0.1) is 15.4 Å². The van der Waals surface area contributed by atoms with Crippen LogP contribution < -0.4 is 0 Å². The quantitative estimate of drug-likeness (QED) is 0.323. The van der Waals surface area contributed by atoms with Crippen molar-refractivity contribution in [2.24, 2.45) is 4.99 Å². The van der Waals surface area contributed by atoms with Crippen LogP contribution in [0, 0.1) is 20.2 Å². The van der Waals surface area contributed by atoms with E-state index in [1.54, 1.807) is 18.2 Å². The summed E-state index contributed by atoms with van der Waals surface area (Å²) in [6.45, 7) is 0. The predicted molar refractivity (Wildman–Crippen MR) is 101 cm³/mol. The molecule has 3 rings (SSSR count). The highest BCUT2D eigenvalue weighted by molar-refractivity contribution is 6.32. The minimum absolute atomic E-state index is 0.0533. The van der Waals surface area contributed by atoms with Gasteiger partial charge in [-0.1, -0.05) is 29.8 Å². The van der Waals surface area contributed by atoms with E-state index in [2.05, 4.69) is 4.99 Å². The normalized spacial score (nSPS) is 15.0. The number of carbonyl (C=O) groups excluding carboxylic acids is 1. The Morgan fingerprint density at radius 1 is 1.04 bits per heavy atom. The number of ether oxygens (including phenoxy) is 1. The number of hydrogen-bond acceptors (Lipinski definition) is 7. The van der Waals surface area contributed by atoms with E-state index in [0.29, 0.717) is 5.56 Å². The van der Waals surface area contributed by atoms with E-state index in [-0.39, 0.29) is 33.6 Å². The van der Waals surface area contributed by atoms with E-state index >= 15 is 0 Å². The molecule has 140 valence electrons. The smallest absolute Gasteiger partial charge is 0.363 e. The van der Waals surface area contributed by atoms with Crippen molar-refractivity contribution in [1.29, 1.82) is 0 Å². The number of cyclic esters (lactones) is 1. The lowest BCUT2D eigenvalue weighted by atomic mass is 10.1. The van der Waals surface area contributed by atoms with E-state index in [4.69, 9.17) is 16.3 Å². The van der Waals surface area contributed by atoms with Gasteiger partial charge in [-0.3, -0.25) is 20.2 Å². The molecule has 2 aromatic rings. The molecule has 1 aliphatic heterocycles. The topological polar surface area (TPSA) is 125 Å². The Kier molecular flexibility index (Phi) is 5.28. The predicted octanol–water partition coefficient (Wildman–Crippen LogP) is 4.06. The lowest BCUT2D eigenvalue weighted by molar-refractivity contribution is -0.385. The summed E-state index contributed by atoms with van der Waals surface area (Å²) in [7, 11) is 0. The molecule has 0 spiro atoms. The summed E-state index contributed by atoms with van der Waals surface area (Å²) >= 11 is 5.76. The largest absolute Gasteiger partial charge is 0.402 e. The van der Waals surface area contributed by atoms with E-state index in [1.165, 1.54) is 36.4 Å². The maximum absolute atomic E-state index is 12.0. The van der Waals surface area contributed by atoms with Crippen LogP contribution in [0.5, 0.6) is 0 Å². The first kappa shape index (κ1) is 18.9. The van der Waals surface area contributed by atoms with Gasteiger partial charge in [-0.25, -0.2) is 9.79 Å². The number of allylic oxidation sites excluding steroid dienone is 2. The molecule has 0 bridgehead atoms. The molecule has 0 atom stereocenters. The second kappa shape index (κ2) is 7.80. The van der Waals surface area contributed by atoms with Gasteiger partial charge in [-0.05, 0) is 30.4 Å². The summed E-state index contributed by atoms with van der Waals surface area (Å²) in [6.07, 6.45) is 4.21. The van der Waals surface area contributed by atoms with Gasteiger partial charge < -0.3 is 4.74 Å². The summed E-state index contributed by atoms with van der Waals surface area (Å²) in [5, 5.41) is 21.9. The molecule has 10 heteroatoms. The molecule has 0 fully saturated rings. The van der Waals surface area contributed by atoms with Crippen molar-refractivity contribution in [3.63, 3.8) is 0 Å². The molecule has 0 aromatic heterocycles. The van der Waals surface area contributed by atoms with Gasteiger partial charge in [-0.15, -0.1) is 0 Å². The average molecular weight is 400 g/mol. The molecule has 0 saturated carbocycles. The first-order valence-corrected chi connectivity index (χ1v) is 8.11. The van der Waals surface area contributed by atoms with Gasteiger partial charge in [-0.2, -0.15) is 0 Å². The van der Waals surface area contributed by atoms with Crippen molar-refractivity contribution in [1.82, 2.24) is 0 Å². The Labute approximate surface area is 162 Å². The third kappa shape index (κ3) is 3.94. The first-order valence-electron chi connectivity index (χ1n) is 7.74. The number of carbonyl (C=O) groups is 1. The Morgan fingerprint density at radius 2 is 1.75 bits per heavy atom. The lowest BCUT2D eigenvalue weighted by Gasteiger charge is -2.00. The molecule has 0 radical (unpaired) electrons. The van der Waals surface area contributed by atoms with Gasteiger partial charge >= 0.3 is 5.97 Å². The van der Waals surface area contributed by atoms with Crippen molar-refractivity contribution in [2.75, 3.05) is 0 Å². The molecular weight excluding hydrogens is 390 g/mol. The van der Waals surface area contributed by atoms with Crippen molar-refractivity contribution in [3.8, 4) is 0 Å². The van der Waals surface area contributed by atoms with Crippen molar-refractivity contribution in [3.05, 3.63) is 96.7 Å².